The van der Waals surface area contributed by atoms with Crippen LogP contribution in [0.15, 0.2) is 6.20 Å². The number of unbranched alkanes of at least 4 members (excludes halogenated alkanes) is 1. The van der Waals surface area contributed by atoms with Gasteiger partial charge < -0.3 is 0 Å². The summed E-state index contributed by atoms with van der Waals surface area (Å²) in [6.07, 6.45) is 6.90. The molecule has 1 aromatic heterocycles. The molecule has 1 aromatic rings. The van der Waals surface area contributed by atoms with Gasteiger partial charge in [-0.2, -0.15) is 0 Å². The van der Waals surface area contributed by atoms with Crippen molar-refractivity contribution in [2.45, 2.75) is 39.5 Å². The molecule has 0 aliphatic carbocycles. The van der Waals surface area contributed by atoms with E-state index in [0.29, 0.717) is 0 Å². The highest BCUT2D eigenvalue weighted by molar-refractivity contribution is 7.11. The molecule has 0 amide bonds. The van der Waals surface area contributed by atoms with Crippen molar-refractivity contribution in [3.05, 3.63) is 16.1 Å². The van der Waals surface area contributed by atoms with Gasteiger partial charge in [-0.3, -0.25) is 0 Å². The first kappa shape index (κ1) is 8.72. The molecule has 62 valence electrons. The van der Waals surface area contributed by atoms with E-state index >= 15 is 0 Å². The minimum absolute atomic E-state index is 1.08. The molecule has 0 saturated carbocycles. The molecule has 1 heterocycles. The van der Waals surface area contributed by atoms with Gasteiger partial charge in [0.05, 0.1) is 5.01 Å². The summed E-state index contributed by atoms with van der Waals surface area (Å²) in [5, 5.41) is 1.27. The van der Waals surface area contributed by atoms with Crippen molar-refractivity contribution in [2.24, 2.45) is 0 Å². The zero-order valence-electron chi connectivity index (χ0n) is 7.26. The molecule has 0 aliphatic rings. The van der Waals surface area contributed by atoms with Crippen LogP contribution in [0.2, 0.25) is 0 Å². The Morgan fingerprint density at radius 2 is 2.27 bits per heavy atom. The molecule has 0 atom stereocenters. The fourth-order valence-corrected chi connectivity index (χ4v) is 1.88. The van der Waals surface area contributed by atoms with E-state index in [1.54, 1.807) is 0 Å². The number of nitrogens with zero attached hydrogens (tertiary/aromatic N) is 1. The van der Waals surface area contributed by atoms with Gasteiger partial charge in [0.2, 0.25) is 0 Å². The zero-order valence-corrected chi connectivity index (χ0v) is 8.08. The maximum atomic E-state index is 4.31. The van der Waals surface area contributed by atoms with Crippen LogP contribution < -0.4 is 0 Å². The highest BCUT2D eigenvalue weighted by Gasteiger charge is 1.98. The molecule has 0 aromatic carbocycles. The van der Waals surface area contributed by atoms with Crippen molar-refractivity contribution >= 4 is 11.3 Å². The van der Waals surface area contributed by atoms with Gasteiger partial charge in [0.1, 0.15) is 0 Å². The minimum Gasteiger partial charge on any atom is -0.249 e. The second-order valence-corrected chi connectivity index (χ2v) is 3.88. The van der Waals surface area contributed by atoms with E-state index in [1.165, 1.54) is 29.1 Å². The summed E-state index contributed by atoms with van der Waals surface area (Å²) in [6, 6.07) is 0. The average molecular weight is 169 g/mol. The Hall–Kier alpha value is -0.370. The maximum absolute atomic E-state index is 4.31. The van der Waals surface area contributed by atoms with Crippen molar-refractivity contribution in [2.75, 3.05) is 0 Å². The highest BCUT2D eigenvalue weighted by atomic mass is 32.1. The average Bonchev–Trinajstić information content (AvgIpc) is 2.48. The summed E-state index contributed by atoms with van der Waals surface area (Å²) in [7, 11) is 0. The Kier molecular flexibility index (Phi) is 3.57. The van der Waals surface area contributed by atoms with Gasteiger partial charge in [-0.15, -0.1) is 11.3 Å². The van der Waals surface area contributed by atoms with Crippen LogP contribution in [0, 0.1) is 0 Å². The number of aromatic nitrogens is 1. The van der Waals surface area contributed by atoms with Crippen molar-refractivity contribution in [3.8, 4) is 0 Å². The third-order valence-electron chi connectivity index (χ3n) is 1.68. The van der Waals surface area contributed by atoms with Gasteiger partial charge in [0, 0.05) is 11.1 Å². The summed E-state index contributed by atoms with van der Waals surface area (Å²) in [5.41, 5.74) is 0. The maximum Gasteiger partial charge on any atom is 0.0924 e. The van der Waals surface area contributed by atoms with Gasteiger partial charge in [-0.25, -0.2) is 4.98 Å². The van der Waals surface area contributed by atoms with Crippen molar-refractivity contribution in [1.82, 2.24) is 4.98 Å². The van der Waals surface area contributed by atoms with E-state index in [2.05, 4.69) is 18.8 Å². The predicted molar refractivity (Wildman–Crippen MR) is 50.1 cm³/mol. The van der Waals surface area contributed by atoms with Crippen LogP contribution in [0.25, 0.3) is 0 Å². The van der Waals surface area contributed by atoms with Crippen LogP contribution >= 0.6 is 11.3 Å². The van der Waals surface area contributed by atoms with E-state index in [-0.39, 0.29) is 0 Å². The second-order valence-electron chi connectivity index (χ2n) is 2.68. The summed E-state index contributed by atoms with van der Waals surface area (Å²) < 4.78 is 0. The van der Waals surface area contributed by atoms with Crippen LogP contribution in [0.5, 0.6) is 0 Å². The number of thiazole rings is 1. The molecule has 0 aliphatic heterocycles. The lowest BCUT2D eigenvalue weighted by molar-refractivity contribution is 0.803. The number of aryl methyl sites for hydroxylation is 2. The van der Waals surface area contributed by atoms with E-state index in [0.717, 1.165) is 6.42 Å². The Morgan fingerprint density at radius 3 is 2.82 bits per heavy atom. The summed E-state index contributed by atoms with van der Waals surface area (Å²) in [6.45, 7) is 4.38. The second kappa shape index (κ2) is 4.50. The van der Waals surface area contributed by atoms with Crippen LogP contribution in [-0.4, -0.2) is 4.98 Å². The van der Waals surface area contributed by atoms with E-state index in [9.17, 15) is 0 Å². The SMILES string of the molecule is CCCCc1cnc(CC)s1. The Bertz CT molecular complexity index is 205. The summed E-state index contributed by atoms with van der Waals surface area (Å²) in [4.78, 5) is 5.75. The van der Waals surface area contributed by atoms with Crippen LogP contribution in [0.3, 0.4) is 0 Å². The molecular formula is C9H15NS. The molecule has 11 heavy (non-hydrogen) atoms. The highest BCUT2D eigenvalue weighted by Crippen LogP contribution is 2.15. The lowest BCUT2D eigenvalue weighted by atomic mass is 10.2. The fraction of sp³-hybridized carbons (Fsp3) is 0.667. The molecular weight excluding hydrogens is 154 g/mol. The van der Waals surface area contributed by atoms with Crippen molar-refractivity contribution < 1.29 is 0 Å². The van der Waals surface area contributed by atoms with Crippen LogP contribution in [0.4, 0.5) is 0 Å². The Labute approximate surface area is 72.5 Å². The Morgan fingerprint density at radius 1 is 1.45 bits per heavy atom. The van der Waals surface area contributed by atoms with Gasteiger partial charge >= 0.3 is 0 Å². The number of hydrogen-bond donors (Lipinski definition) is 0. The van der Waals surface area contributed by atoms with Crippen molar-refractivity contribution in [1.29, 1.82) is 0 Å². The normalized spacial score (nSPS) is 10.4. The Balaban J connectivity index is 2.44. The standard InChI is InChI=1S/C9H15NS/c1-3-5-6-8-7-10-9(4-2)11-8/h7H,3-6H2,1-2H3. The van der Waals surface area contributed by atoms with Crippen LogP contribution in [0.1, 0.15) is 36.6 Å². The van der Waals surface area contributed by atoms with E-state index in [4.69, 9.17) is 0 Å². The molecule has 1 nitrogen and oxygen atoms in total. The lowest BCUT2D eigenvalue weighted by Crippen LogP contribution is -1.76. The van der Waals surface area contributed by atoms with Gasteiger partial charge in [0.25, 0.3) is 0 Å². The molecule has 0 bridgehead atoms. The molecule has 0 spiro atoms. The van der Waals surface area contributed by atoms with Crippen LogP contribution in [-0.2, 0) is 12.8 Å². The first-order chi connectivity index (χ1) is 5.36. The topological polar surface area (TPSA) is 12.9 Å². The zero-order chi connectivity index (χ0) is 8.10. The van der Waals surface area contributed by atoms with E-state index < -0.39 is 0 Å². The number of hydrogen-bond acceptors (Lipinski definition) is 2. The third-order valence-corrected chi connectivity index (χ3v) is 2.88. The number of rotatable bonds is 4. The largest absolute Gasteiger partial charge is 0.249 e. The van der Waals surface area contributed by atoms with E-state index in [1.807, 2.05) is 17.5 Å². The quantitative estimate of drug-likeness (QED) is 0.675. The summed E-state index contributed by atoms with van der Waals surface area (Å²) in [5.74, 6) is 0. The van der Waals surface area contributed by atoms with Gasteiger partial charge in [-0.05, 0) is 19.3 Å². The first-order valence-electron chi connectivity index (χ1n) is 4.30. The molecule has 0 unspecified atom stereocenters. The molecule has 2 heteroatoms. The molecule has 1 rings (SSSR count). The fourth-order valence-electron chi connectivity index (χ4n) is 0.978. The smallest absolute Gasteiger partial charge is 0.0924 e. The lowest BCUT2D eigenvalue weighted by Gasteiger charge is -1.90. The van der Waals surface area contributed by atoms with Gasteiger partial charge in [0.15, 0.2) is 0 Å². The monoisotopic (exact) mass is 169 g/mol. The first-order valence-corrected chi connectivity index (χ1v) is 5.12. The molecule has 0 N–H and O–H groups in total. The predicted octanol–water partition coefficient (Wildman–Crippen LogP) is 3.05. The molecule has 0 saturated heterocycles. The van der Waals surface area contributed by atoms with Crippen molar-refractivity contribution in [3.63, 3.8) is 0 Å². The van der Waals surface area contributed by atoms with Gasteiger partial charge in [-0.1, -0.05) is 20.3 Å². The third kappa shape index (κ3) is 2.62. The summed E-state index contributed by atoms with van der Waals surface area (Å²) >= 11 is 1.86. The molecule has 0 fully saturated rings. The molecule has 0 radical (unpaired) electrons. The minimum atomic E-state index is 1.08.